The molecule has 1 atom stereocenters. The number of nitrogens with zero attached hydrogens (tertiary/aromatic N) is 1. The van der Waals surface area contributed by atoms with Crippen LogP contribution in [0.3, 0.4) is 0 Å². The molecule has 0 amide bonds. The van der Waals surface area contributed by atoms with Crippen molar-refractivity contribution in [1.82, 2.24) is 0 Å². The van der Waals surface area contributed by atoms with Crippen molar-refractivity contribution in [1.29, 1.82) is 0 Å². The molecule has 0 aliphatic carbocycles. The van der Waals surface area contributed by atoms with Crippen molar-refractivity contribution in [3.05, 3.63) is 60.2 Å². The Hall–Kier alpha value is -1.93. The van der Waals surface area contributed by atoms with Crippen LogP contribution < -0.4 is 9.21 Å². The molecule has 6 nitrogen and oxygen atoms in total. The number of aliphatic hydroxyl groups is 1. The first-order valence-electron chi connectivity index (χ1n) is 9.20. The van der Waals surface area contributed by atoms with Crippen molar-refractivity contribution < 1.29 is 23.2 Å². The normalized spacial score (nSPS) is 16.8. The Morgan fingerprint density at radius 3 is 2.48 bits per heavy atom. The predicted molar refractivity (Wildman–Crippen MR) is 105 cm³/mol. The molecule has 146 valence electrons. The van der Waals surface area contributed by atoms with E-state index in [1.165, 1.54) is 9.21 Å². The van der Waals surface area contributed by atoms with E-state index in [9.17, 15) is 13.5 Å². The topological polar surface area (TPSA) is 71.3 Å². The first kappa shape index (κ1) is 19.8. The molecule has 0 bridgehead atoms. The molecule has 0 radical (unpaired) electrons. The number of morpholine rings is 1. The fraction of sp³-hybridized carbons (Fsp3) is 0.400. The highest BCUT2D eigenvalue weighted by Crippen LogP contribution is 2.24. The van der Waals surface area contributed by atoms with Gasteiger partial charge in [-0.15, -0.1) is 0 Å². The van der Waals surface area contributed by atoms with Gasteiger partial charge in [0.15, 0.2) is 0 Å². The molecule has 1 aliphatic rings. The lowest BCUT2D eigenvalue weighted by molar-refractivity contribution is -0.910. The molecule has 1 unspecified atom stereocenters. The molecule has 2 N–H and O–H groups in total. The Labute approximate surface area is 161 Å². The van der Waals surface area contributed by atoms with E-state index < -0.39 is 16.1 Å². The lowest BCUT2D eigenvalue weighted by Gasteiger charge is -2.30. The molecule has 7 heteroatoms. The average molecular weight is 392 g/mol. The van der Waals surface area contributed by atoms with Crippen LogP contribution in [-0.4, -0.2) is 59.0 Å². The zero-order valence-corrected chi connectivity index (χ0v) is 16.4. The molecule has 0 spiro atoms. The number of rotatable bonds is 7. The van der Waals surface area contributed by atoms with Gasteiger partial charge in [0.05, 0.1) is 30.3 Å². The number of hydrogen-bond donors (Lipinski definition) is 2. The average Bonchev–Trinajstić information content (AvgIpc) is 2.67. The van der Waals surface area contributed by atoms with Gasteiger partial charge in [-0.2, -0.15) is 0 Å². The van der Waals surface area contributed by atoms with Crippen LogP contribution >= 0.6 is 0 Å². The maximum absolute atomic E-state index is 13.3. The minimum Gasteiger partial charge on any atom is -0.385 e. The highest BCUT2D eigenvalue weighted by atomic mass is 32.2. The second-order valence-corrected chi connectivity index (χ2v) is 8.77. The summed E-state index contributed by atoms with van der Waals surface area (Å²) in [4.78, 5) is 1.45. The molecule has 0 saturated carbocycles. The van der Waals surface area contributed by atoms with E-state index in [1.807, 2.05) is 25.1 Å². The van der Waals surface area contributed by atoms with Crippen molar-refractivity contribution in [2.45, 2.75) is 17.9 Å². The fourth-order valence-corrected chi connectivity index (χ4v) is 4.81. The molecule has 1 saturated heterocycles. The molecule has 1 fully saturated rings. The quantitative estimate of drug-likeness (QED) is 0.720. The lowest BCUT2D eigenvalue weighted by atomic mass is 10.2. The number of sulfonamides is 1. The monoisotopic (exact) mass is 391 g/mol. The minimum atomic E-state index is -3.77. The summed E-state index contributed by atoms with van der Waals surface area (Å²) in [6.07, 6.45) is -0.767. The van der Waals surface area contributed by atoms with Gasteiger partial charge in [0.2, 0.25) is 0 Å². The Morgan fingerprint density at radius 2 is 1.81 bits per heavy atom. The second-order valence-electron chi connectivity index (χ2n) is 6.91. The van der Waals surface area contributed by atoms with E-state index >= 15 is 0 Å². The third kappa shape index (κ3) is 5.07. The fourth-order valence-electron chi connectivity index (χ4n) is 3.30. The third-order valence-electron chi connectivity index (χ3n) is 4.72. The summed E-state index contributed by atoms with van der Waals surface area (Å²) >= 11 is 0. The van der Waals surface area contributed by atoms with Crippen molar-refractivity contribution >= 4 is 15.7 Å². The van der Waals surface area contributed by atoms with E-state index in [4.69, 9.17) is 4.74 Å². The molecule has 2 aromatic rings. The molecule has 1 aliphatic heterocycles. The van der Waals surface area contributed by atoms with Gasteiger partial charge in [0.25, 0.3) is 10.0 Å². The van der Waals surface area contributed by atoms with E-state index in [-0.39, 0.29) is 11.4 Å². The summed E-state index contributed by atoms with van der Waals surface area (Å²) in [6, 6.07) is 15.7. The van der Waals surface area contributed by atoms with E-state index in [1.54, 1.807) is 36.4 Å². The van der Waals surface area contributed by atoms with Crippen LogP contribution in [0.15, 0.2) is 59.5 Å². The molecule has 2 aromatic carbocycles. The van der Waals surface area contributed by atoms with Gasteiger partial charge in [-0.25, -0.2) is 8.42 Å². The van der Waals surface area contributed by atoms with Crippen molar-refractivity contribution in [2.75, 3.05) is 43.7 Å². The van der Waals surface area contributed by atoms with Gasteiger partial charge >= 0.3 is 0 Å². The number of aryl methyl sites for hydroxylation is 1. The molecule has 27 heavy (non-hydrogen) atoms. The number of nitrogens with one attached hydrogen (secondary N) is 1. The lowest BCUT2D eigenvalue weighted by Crippen LogP contribution is -3.15. The van der Waals surface area contributed by atoms with Crippen LogP contribution in [0.25, 0.3) is 0 Å². The Bertz CT molecular complexity index is 836. The van der Waals surface area contributed by atoms with Crippen molar-refractivity contribution in [3.8, 4) is 0 Å². The van der Waals surface area contributed by atoms with Crippen molar-refractivity contribution in [2.24, 2.45) is 0 Å². The molecular formula is C20H27N2O4S+. The zero-order valence-electron chi connectivity index (χ0n) is 15.5. The molecule has 1 heterocycles. The number of hydrogen-bond acceptors (Lipinski definition) is 4. The maximum atomic E-state index is 13.3. The van der Waals surface area contributed by atoms with E-state index in [2.05, 4.69) is 0 Å². The SMILES string of the molecule is Cc1cccc(N(CC(O)C[NH+]2CCOCC2)S(=O)(=O)c2ccccc2)c1. The van der Waals surface area contributed by atoms with Gasteiger partial charge in [-0.3, -0.25) is 4.31 Å². The Kier molecular flexibility index (Phi) is 6.49. The number of aliphatic hydroxyl groups excluding tert-OH is 1. The van der Waals surface area contributed by atoms with Gasteiger partial charge in [0, 0.05) is 0 Å². The Morgan fingerprint density at radius 1 is 1.11 bits per heavy atom. The van der Waals surface area contributed by atoms with Crippen LogP contribution in [0.1, 0.15) is 5.56 Å². The van der Waals surface area contributed by atoms with E-state index in [0.29, 0.717) is 25.4 Å². The molecule has 0 aromatic heterocycles. The van der Waals surface area contributed by atoms with Gasteiger partial charge < -0.3 is 14.7 Å². The maximum Gasteiger partial charge on any atom is 0.264 e. The predicted octanol–water partition coefficient (Wildman–Crippen LogP) is 0.466. The third-order valence-corrected chi connectivity index (χ3v) is 6.53. The summed E-state index contributed by atoms with van der Waals surface area (Å²) in [5.41, 5.74) is 1.53. The molecular weight excluding hydrogens is 364 g/mol. The first-order valence-corrected chi connectivity index (χ1v) is 10.6. The summed E-state index contributed by atoms with van der Waals surface area (Å²) < 4.78 is 33.2. The summed E-state index contributed by atoms with van der Waals surface area (Å²) in [7, 11) is -3.77. The summed E-state index contributed by atoms with van der Waals surface area (Å²) in [5.74, 6) is 0. The number of anilines is 1. The zero-order chi connectivity index (χ0) is 19.3. The smallest absolute Gasteiger partial charge is 0.264 e. The minimum absolute atomic E-state index is 0.0189. The number of benzene rings is 2. The van der Waals surface area contributed by atoms with Crippen LogP contribution in [0.5, 0.6) is 0 Å². The highest BCUT2D eigenvalue weighted by molar-refractivity contribution is 7.92. The van der Waals surface area contributed by atoms with Gasteiger partial charge in [-0.05, 0) is 36.8 Å². The molecule has 3 rings (SSSR count). The van der Waals surface area contributed by atoms with E-state index in [0.717, 1.165) is 18.7 Å². The van der Waals surface area contributed by atoms with Crippen LogP contribution in [0.4, 0.5) is 5.69 Å². The number of ether oxygens (including phenoxy) is 1. The van der Waals surface area contributed by atoms with Gasteiger partial charge in [-0.1, -0.05) is 30.3 Å². The van der Waals surface area contributed by atoms with Crippen LogP contribution in [0.2, 0.25) is 0 Å². The van der Waals surface area contributed by atoms with Crippen LogP contribution in [0, 0.1) is 6.92 Å². The summed E-state index contributed by atoms with van der Waals surface area (Å²) in [5, 5.41) is 10.6. The van der Waals surface area contributed by atoms with Crippen LogP contribution in [-0.2, 0) is 14.8 Å². The largest absolute Gasteiger partial charge is 0.385 e. The number of quaternary nitrogens is 1. The summed E-state index contributed by atoms with van der Waals surface area (Å²) in [6.45, 7) is 5.43. The van der Waals surface area contributed by atoms with Gasteiger partial charge in [0.1, 0.15) is 25.7 Å². The standard InChI is InChI=1S/C20H26N2O4S/c1-17-6-5-7-18(14-17)22(27(24,25)20-8-3-2-4-9-20)16-19(23)15-21-10-12-26-13-11-21/h2-9,14,19,23H,10-13,15-16H2,1H3/p+1. The Balaban J connectivity index is 1.86. The highest BCUT2D eigenvalue weighted by Gasteiger charge is 2.29. The van der Waals surface area contributed by atoms with Crippen molar-refractivity contribution in [3.63, 3.8) is 0 Å². The first-order chi connectivity index (χ1) is 13.0. The second kappa shape index (κ2) is 8.84.